The van der Waals surface area contributed by atoms with E-state index in [4.69, 9.17) is 4.42 Å². The van der Waals surface area contributed by atoms with E-state index in [1.807, 2.05) is 12.1 Å². The lowest BCUT2D eigenvalue weighted by Crippen LogP contribution is -1.82. The van der Waals surface area contributed by atoms with Gasteiger partial charge in [0.25, 0.3) is 0 Å². The molecule has 1 rings (SSSR count). The lowest BCUT2D eigenvalue weighted by Gasteiger charge is -1.99. The number of alkyl halides is 1. The molecule has 106 valence electrons. The molecule has 0 amide bonds. The predicted molar refractivity (Wildman–Crippen MR) is 85.5 cm³/mol. The molecule has 0 N–H and O–H groups in total. The number of furan rings is 1. The molecule has 0 aromatic carbocycles. The van der Waals surface area contributed by atoms with Gasteiger partial charge in [0, 0.05) is 11.8 Å². The lowest BCUT2D eigenvalue weighted by atomic mass is 10.1. The molecule has 0 atom stereocenters. The smallest absolute Gasteiger partial charge is 0.115 e. The average Bonchev–Trinajstić information content (AvgIpc) is 2.93. The minimum Gasteiger partial charge on any atom is -0.468 e. The highest BCUT2D eigenvalue weighted by Gasteiger charge is 1.92. The first-order valence-electron chi connectivity index (χ1n) is 7.47. The van der Waals surface area contributed by atoms with Gasteiger partial charge < -0.3 is 4.42 Å². The van der Waals surface area contributed by atoms with Gasteiger partial charge in [0.15, 0.2) is 0 Å². The first kappa shape index (κ1) is 16.4. The topological polar surface area (TPSA) is 13.1 Å². The van der Waals surface area contributed by atoms with Crippen molar-refractivity contribution in [3.63, 3.8) is 0 Å². The zero-order valence-corrected chi connectivity index (χ0v) is 13.4. The van der Waals surface area contributed by atoms with Crippen molar-refractivity contribution in [1.29, 1.82) is 0 Å². The maximum atomic E-state index is 5.23. The van der Waals surface area contributed by atoms with Crippen molar-refractivity contribution in [2.75, 3.05) is 5.33 Å². The molecule has 0 radical (unpaired) electrons. The van der Waals surface area contributed by atoms with Crippen molar-refractivity contribution in [3.05, 3.63) is 24.2 Å². The average molecular weight is 325 g/mol. The highest BCUT2D eigenvalue weighted by Crippen LogP contribution is 2.10. The zero-order valence-electron chi connectivity index (χ0n) is 11.8. The minimum absolute atomic E-state index is 0.751. The van der Waals surface area contributed by atoms with Gasteiger partial charge in [0.2, 0.25) is 0 Å². The van der Waals surface area contributed by atoms with Gasteiger partial charge in [0.1, 0.15) is 5.76 Å². The van der Waals surface area contributed by atoms with Gasteiger partial charge in [-0.05, 0) is 25.0 Å². The summed E-state index contributed by atoms with van der Waals surface area (Å²) in [4.78, 5) is 0. The number of unbranched alkanes of at least 4 members (excludes halogenated alkanes) is 8. The molecule has 0 spiro atoms. The molecule has 1 aromatic rings. The van der Waals surface area contributed by atoms with E-state index in [0.717, 1.165) is 23.9 Å². The van der Waals surface area contributed by atoms with Crippen molar-refractivity contribution in [1.82, 2.24) is 0 Å². The Morgan fingerprint density at radius 2 is 1.58 bits per heavy atom. The van der Waals surface area contributed by atoms with Crippen LogP contribution < -0.4 is 0 Å². The van der Waals surface area contributed by atoms with Crippen LogP contribution in [0.1, 0.15) is 63.5 Å². The summed E-state index contributed by atoms with van der Waals surface area (Å²) in [5, 5.41) is 1.16. The van der Waals surface area contributed by atoms with Crippen LogP contribution in [0.2, 0.25) is 0 Å². The predicted octanol–water partition coefficient (Wildman–Crippen LogP) is 5.73. The van der Waals surface area contributed by atoms with E-state index >= 15 is 0 Å². The molecule has 2 heteroatoms. The van der Waals surface area contributed by atoms with Gasteiger partial charge in [0.05, 0.1) is 12.7 Å². The van der Waals surface area contributed by atoms with Crippen LogP contribution in [0, 0.1) is 11.8 Å². The van der Waals surface area contributed by atoms with E-state index in [2.05, 4.69) is 27.8 Å². The standard InChI is InChI=1S/C17H25BrO/c18-15-11-9-7-5-3-1-2-4-6-8-10-13-17-14-12-16-19-17/h12,14,16H,1-7,9,11,13,15H2. The molecule has 0 saturated carbocycles. The van der Waals surface area contributed by atoms with Crippen molar-refractivity contribution in [2.24, 2.45) is 0 Å². The maximum Gasteiger partial charge on any atom is 0.115 e. The molecule has 0 aliphatic carbocycles. The normalized spacial score (nSPS) is 10.2. The minimum atomic E-state index is 0.751. The summed E-state index contributed by atoms with van der Waals surface area (Å²) >= 11 is 3.47. The van der Waals surface area contributed by atoms with Gasteiger partial charge in [-0.3, -0.25) is 0 Å². The first-order valence-corrected chi connectivity index (χ1v) is 8.59. The number of halogens is 1. The molecule has 0 fully saturated rings. The molecule has 1 heterocycles. The largest absolute Gasteiger partial charge is 0.468 e. The van der Waals surface area contributed by atoms with Gasteiger partial charge in [-0.2, -0.15) is 0 Å². The summed E-state index contributed by atoms with van der Waals surface area (Å²) in [7, 11) is 0. The van der Waals surface area contributed by atoms with Crippen LogP contribution in [-0.2, 0) is 6.42 Å². The molecule has 0 bridgehead atoms. The van der Waals surface area contributed by atoms with E-state index in [1.165, 1.54) is 51.4 Å². The van der Waals surface area contributed by atoms with Crippen molar-refractivity contribution in [3.8, 4) is 11.8 Å². The Kier molecular flexibility index (Phi) is 10.7. The number of hydrogen-bond acceptors (Lipinski definition) is 1. The summed E-state index contributed by atoms with van der Waals surface area (Å²) in [6, 6.07) is 3.89. The second-order valence-corrected chi connectivity index (χ2v) is 5.67. The van der Waals surface area contributed by atoms with Crippen LogP contribution >= 0.6 is 15.9 Å². The second-order valence-electron chi connectivity index (χ2n) is 4.88. The molecule has 0 aliphatic rings. The molecule has 0 aliphatic heterocycles. The highest BCUT2D eigenvalue weighted by atomic mass is 79.9. The van der Waals surface area contributed by atoms with E-state index in [1.54, 1.807) is 6.26 Å². The van der Waals surface area contributed by atoms with Gasteiger partial charge in [-0.25, -0.2) is 0 Å². The summed E-state index contributed by atoms with van der Waals surface area (Å²) < 4.78 is 5.23. The summed E-state index contributed by atoms with van der Waals surface area (Å²) in [6.07, 6.45) is 14.3. The zero-order chi connectivity index (χ0) is 13.6. The Bertz CT molecular complexity index is 345. The molecular formula is C17H25BrO. The monoisotopic (exact) mass is 324 g/mol. The third kappa shape index (κ3) is 9.85. The third-order valence-corrected chi connectivity index (χ3v) is 3.71. The fraction of sp³-hybridized carbons (Fsp3) is 0.647. The van der Waals surface area contributed by atoms with Crippen molar-refractivity contribution >= 4 is 15.9 Å². The Morgan fingerprint density at radius 3 is 2.21 bits per heavy atom. The lowest BCUT2D eigenvalue weighted by molar-refractivity contribution is 0.525. The van der Waals surface area contributed by atoms with Crippen LogP contribution in [-0.4, -0.2) is 5.33 Å². The number of rotatable bonds is 10. The SMILES string of the molecule is BrCCCCCCCCCCC#CCc1ccco1. The van der Waals surface area contributed by atoms with Crippen molar-refractivity contribution < 1.29 is 4.42 Å². The third-order valence-electron chi connectivity index (χ3n) is 3.15. The second kappa shape index (κ2) is 12.4. The Balaban J connectivity index is 1.82. The van der Waals surface area contributed by atoms with Crippen molar-refractivity contribution in [2.45, 2.75) is 64.2 Å². The Hall–Kier alpha value is -0.680. The van der Waals surface area contributed by atoms with E-state index in [-0.39, 0.29) is 0 Å². The molecule has 0 saturated heterocycles. The van der Waals surface area contributed by atoms with Crippen LogP contribution in [0.4, 0.5) is 0 Å². The van der Waals surface area contributed by atoms with Crippen LogP contribution in [0.25, 0.3) is 0 Å². The van der Waals surface area contributed by atoms with Gasteiger partial charge in [-0.1, -0.05) is 60.4 Å². The van der Waals surface area contributed by atoms with E-state index < -0.39 is 0 Å². The molecule has 0 unspecified atom stereocenters. The summed E-state index contributed by atoms with van der Waals surface area (Å²) in [5.74, 6) is 7.36. The van der Waals surface area contributed by atoms with E-state index in [9.17, 15) is 0 Å². The van der Waals surface area contributed by atoms with Crippen LogP contribution in [0.3, 0.4) is 0 Å². The van der Waals surface area contributed by atoms with Crippen LogP contribution in [0.5, 0.6) is 0 Å². The maximum absolute atomic E-state index is 5.23. The fourth-order valence-electron chi connectivity index (χ4n) is 2.02. The van der Waals surface area contributed by atoms with Crippen LogP contribution in [0.15, 0.2) is 22.8 Å². The van der Waals surface area contributed by atoms with E-state index in [0.29, 0.717) is 0 Å². The Labute approximate surface area is 126 Å². The summed E-state index contributed by atoms with van der Waals surface area (Å²) in [5.41, 5.74) is 0. The van der Waals surface area contributed by atoms with Gasteiger partial charge >= 0.3 is 0 Å². The molecular weight excluding hydrogens is 300 g/mol. The molecule has 1 nitrogen and oxygen atoms in total. The summed E-state index contributed by atoms with van der Waals surface area (Å²) in [6.45, 7) is 0. The highest BCUT2D eigenvalue weighted by molar-refractivity contribution is 9.09. The molecule has 1 aromatic heterocycles. The molecule has 19 heavy (non-hydrogen) atoms. The fourth-order valence-corrected chi connectivity index (χ4v) is 2.42. The number of hydrogen-bond donors (Lipinski definition) is 0. The Morgan fingerprint density at radius 1 is 0.895 bits per heavy atom. The first-order chi connectivity index (χ1) is 9.43. The van der Waals surface area contributed by atoms with Gasteiger partial charge in [-0.15, -0.1) is 5.92 Å². The quantitative estimate of drug-likeness (QED) is 0.304.